The van der Waals surface area contributed by atoms with Crippen molar-refractivity contribution in [3.05, 3.63) is 69.0 Å². The molecule has 2 aromatic rings. The van der Waals surface area contributed by atoms with Crippen molar-refractivity contribution in [1.82, 2.24) is 4.90 Å². The van der Waals surface area contributed by atoms with E-state index in [0.29, 0.717) is 27.9 Å². The summed E-state index contributed by atoms with van der Waals surface area (Å²) in [5.74, 6) is -1.09. The Hall–Kier alpha value is -2.49. The number of thioether (sulfide) groups is 1. The molecule has 0 saturated carbocycles. The molecule has 0 aromatic heterocycles. The number of carbonyl (C=O) groups excluding carboxylic acids is 2. The number of rotatable bonds is 13. The summed E-state index contributed by atoms with van der Waals surface area (Å²) in [6, 6.07) is 15.6. The van der Waals surface area contributed by atoms with Crippen molar-refractivity contribution >= 4 is 73.3 Å². The summed E-state index contributed by atoms with van der Waals surface area (Å²) in [6.45, 7) is 0.977. The second-order valence-electron chi connectivity index (χ2n) is 9.54. The van der Waals surface area contributed by atoms with Gasteiger partial charge in [-0.1, -0.05) is 109 Å². The van der Waals surface area contributed by atoms with Crippen molar-refractivity contribution < 1.29 is 19.5 Å². The first kappa shape index (κ1) is 28.5. The van der Waals surface area contributed by atoms with Crippen molar-refractivity contribution in [1.29, 1.82) is 0 Å². The van der Waals surface area contributed by atoms with Gasteiger partial charge in [0.2, 0.25) is 0 Å². The van der Waals surface area contributed by atoms with Crippen LogP contribution in [0.1, 0.15) is 68.9 Å². The fraction of sp³-hybridized carbons (Fsp3) is 0.379. The summed E-state index contributed by atoms with van der Waals surface area (Å²) in [5.41, 5.74) is 3.00. The van der Waals surface area contributed by atoms with E-state index < -0.39 is 5.97 Å². The number of nitrogens with zero attached hydrogens (tertiary/aromatic N) is 2. The maximum Gasteiger partial charge on any atom is 0.303 e. The molecule has 0 radical (unpaired) electrons. The molecule has 0 bridgehead atoms. The van der Waals surface area contributed by atoms with Crippen molar-refractivity contribution in [2.24, 2.45) is 0 Å². The predicted molar refractivity (Wildman–Crippen MR) is 160 cm³/mol. The number of hydrogen-bond acceptors (Lipinski definition) is 5. The number of carbonyl (C=O) groups is 3. The van der Waals surface area contributed by atoms with E-state index in [1.807, 2.05) is 48.5 Å². The molecule has 0 spiro atoms. The van der Waals surface area contributed by atoms with E-state index in [9.17, 15) is 14.4 Å². The number of unbranched alkanes of at least 4 members (excludes halogenated alkanes) is 7. The van der Waals surface area contributed by atoms with Gasteiger partial charge in [-0.3, -0.25) is 19.3 Å². The molecule has 2 heterocycles. The number of carboxylic acids is 1. The number of anilines is 1. The van der Waals surface area contributed by atoms with Gasteiger partial charge in [0.1, 0.15) is 4.32 Å². The summed E-state index contributed by atoms with van der Waals surface area (Å²) >= 11 is 10.3. The molecule has 1 N–H and O–H groups in total. The first-order chi connectivity index (χ1) is 18.4. The minimum absolute atomic E-state index is 0.175. The van der Waals surface area contributed by atoms with E-state index in [1.165, 1.54) is 11.8 Å². The van der Waals surface area contributed by atoms with Gasteiger partial charge in [-0.2, -0.15) is 0 Å². The number of halogens is 1. The quantitative estimate of drug-likeness (QED) is 0.146. The monoisotopic (exact) mass is 614 g/mol. The number of benzene rings is 2. The topological polar surface area (TPSA) is 77.9 Å². The molecule has 4 rings (SSSR count). The highest BCUT2D eigenvalue weighted by molar-refractivity contribution is 9.10. The Bertz CT molecular complexity index is 1250. The summed E-state index contributed by atoms with van der Waals surface area (Å²) in [6.07, 6.45) is 8.13. The highest BCUT2D eigenvalue weighted by Gasteiger charge is 2.42. The van der Waals surface area contributed by atoms with E-state index in [-0.39, 0.29) is 18.2 Å². The van der Waals surface area contributed by atoms with Crippen LogP contribution in [0.3, 0.4) is 0 Å². The van der Waals surface area contributed by atoms with Gasteiger partial charge in [0.15, 0.2) is 0 Å². The van der Waals surface area contributed by atoms with E-state index in [4.69, 9.17) is 17.3 Å². The SMILES string of the molecule is O=C(O)CCCCCCCCCCN1C(=O)C(=C2C(=O)N(Cc3ccccc3)c3ccc(Br)cc32)SC1=S. The van der Waals surface area contributed by atoms with Crippen LogP contribution in [0.2, 0.25) is 0 Å². The van der Waals surface area contributed by atoms with Gasteiger partial charge < -0.3 is 10.0 Å². The number of amides is 2. The van der Waals surface area contributed by atoms with E-state index in [0.717, 1.165) is 72.7 Å². The van der Waals surface area contributed by atoms with Crippen LogP contribution in [-0.2, 0) is 20.9 Å². The van der Waals surface area contributed by atoms with Crippen LogP contribution < -0.4 is 4.90 Å². The largest absolute Gasteiger partial charge is 0.481 e. The summed E-state index contributed by atoms with van der Waals surface area (Å²) in [5, 5.41) is 8.69. The molecule has 0 aliphatic carbocycles. The number of hydrogen-bond donors (Lipinski definition) is 1. The Morgan fingerprint density at radius 2 is 1.53 bits per heavy atom. The Kier molecular flexibility index (Phi) is 10.2. The van der Waals surface area contributed by atoms with E-state index in [2.05, 4.69) is 15.9 Å². The zero-order valence-electron chi connectivity index (χ0n) is 21.2. The van der Waals surface area contributed by atoms with Crippen LogP contribution in [0.25, 0.3) is 5.57 Å². The molecule has 9 heteroatoms. The zero-order chi connectivity index (χ0) is 27.1. The van der Waals surface area contributed by atoms with Crippen LogP contribution in [0.5, 0.6) is 0 Å². The molecule has 6 nitrogen and oxygen atoms in total. The number of carboxylic acid groups (broad SMARTS) is 1. The van der Waals surface area contributed by atoms with Crippen LogP contribution in [0.4, 0.5) is 5.69 Å². The van der Waals surface area contributed by atoms with E-state index in [1.54, 1.807) is 9.80 Å². The minimum Gasteiger partial charge on any atom is -0.481 e. The highest BCUT2D eigenvalue weighted by Crippen LogP contribution is 2.46. The summed E-state index contributed by atoms with van der Waals surface area (Å²) < 4.78 is 1.35. The molecule has 0 atom stereocenters. The predicted octanol–water partition coefficient (Wildman–Crippen LogP) is 7.16. The number of thiocarbonyl (C=S) groups is 1. The van der Waals surface area contributed by atoms with Crippen molar-refractivity contribution in [3.8, 4) is 0 Å². The lowest BCUT2D eigenvalue weighted by molar-refractivity contribution is -0.137. The maximum atomic E-state index is 13.7. The zero-order valence-corrected chi connectivity index (χ0v) is 24.4. The molecular formula is C29H31BrN2O4S2. The third-order valence-electron chi connectivity index (χ3n) is 6.76. The third kappa shape index (κ3) is 6.93. The molecule has 1 fully saturated rings. The number of fused-ring (bicyclic) bond motifs is 1. The summed E-state index contributed by atoms with van der Waals surface area (Å²) in [7, 11) is 0. The van der Waals surface area contributed by atoms with E-state index >= 15 is 0 Å². The third-order valence-corrected chi connectivity index (χ3v) is 8.70. The lowest BCUT2D eigenvalue weighted by atomic mass is 10.1. The Balaban J connectivity index is 1.37. The van der Waals surface area contributed by atoms with Gasteiger partial charge in [-0.25, -0.2) is 0 Å². The molecule has 1 saturated heterocycles. The average Bonchev–Trinajstić information content (AvgIpc) is 3.31. The first-order valence-electron chi connectivity index (χ1n) is 13.0. The lowest BCUT2D eigenvalue weighted by Crippen LogP contribution is -2.30. The lowest BCUT2D eigenvalue weighted by Gasteiger charge is -2.17. The number of aliphatic carboxylic acids is 1. The van der Waals surface area contributed by atoms with Crippen LogP contribution >= 0.6 is 39.9 Å². The second-order valence-corrected chi connectivity index (χ2v) is 12.1. The summed E-state index contributed by atoms with van der Waals surface area (Å²) in [4.78, 5) is 41.5. The van der Waals surface area contributed by atoms with Crippen molar-refractivity contribution in [2.75, 3.05) is 11.4 Å². The van der Waals surface area contributed by atoms with Gasteiger partial charge in [-0.15, -0.1) is 0 Å². The van der Waals surface area contributed by atoms with Crippen molar-refractivity contribution in [2.45, 2.75) is 64.3 Å². The Morgan fingerprint density at radius 1 is 0.868 bits per heavy atom. The van der Waals surface area contributed by atoms with Crippen LogP contribution in [-0.4, -0.2) is 38.7 Å². The molecule has 2 amide bonds. The Labute approximate surface area is 241 Å². The molecular weight excluding hydrogens is 584 g/mol. The molecule has 0 unspecified atom stereocenters. The van der Waals surface area contributed by atoms with Gasteiger partial charge in [0.25, 0.3) is 11.8 Å². The van der Waals surface area contributed by atoms with Crippen LogP contribution in [0.15, 0.2) is 57.9 Å². The fourth-order valence-electron chi connectivity index (χ4n) is 4.79. The molecule has 2 aromatic carbocycles. The molecule has 2 aliphatic heterocycles. The second kappa shape index (κ2) is 13.5. The smallest absolute Gasteiger partial charge is 0.303 e. The van der Waals surface area contributed by atoms with Crippen molar-refractivity contribution in [3.63, 3.8) is 0 Å². The van der Waals surface area contributed by atoms with Gasteiger partial charge in [0.05, 0.1) is 22.7 Å². The maximum absolute atomic E-state index is 13.7. The van der Waals surface area contributed by atoms with Gasteiger partial charge in [0, 0.05) is 23.0 Å². The fourth-order valence-corrected chi connectivity index (χ4v) is 6.54. The van der Waals surface area contributed by atoms with Gasteiger partial charge in [-0.05, 0) is 36.6 Å². The molecule has 38 heavy (non-hydrogen) atoms. The first-order valence-corrected chi connectivity index (χ1v) is 15.0. The standard InChI is InChI=1S/C29H31BrN2O4S2/c30-21-15-16-23-22(18-21)25(27(35)32(23)19-20-12-8-7-9-13-20)26-28(36)31(29(37)38-26)17-11-6-4-2-1-3-5-10-14-24(33)34/h7-9,12-13,15-16,18H,1-6,10-11,14,17,19H2,(H,33,34). The Morgan fingerprint density at radius 3 is 2.21 bits per heavy atom. The average molecular weight is 616 g/mol. The van der Waals surface area contributed by atoms with Gasteiger partial charge >= 0.3 is 5.97 Å². The normalized spacial score (nSPS) is 17.0. The van der Waals surface area contributed by atoms with Crippen LogP contribution in [0, 0.1) is 0 Å². The molecule has 200 valence electrons. The minimum atomic E-state index is -0.727. The highest BCUT2D eigenvalue weighted by atomic mass is 79.9. The molecule has 2 aliphatic rings.